The SMILES string of the molecule is NC(=O)c1ccc(N2CCCC2)c(NC(=O)c2cccc(Cl)c2)c1. The lowest BCUT2D eigenvalue weighted by molar-refractivity contribution is 0.0996. The molecule has 0 spiro atoms. The highest BCUT2D eigenvalue weighted by molar-refractivity contribution is 6.31. The first-order valence-electron chi connectivity index (χ1n) is 7.80. The second-order valence-electron chi connectivity index (χ2n) is 5.75. The molecule has 1 heterocycles. The number of rotatable bonds is 4. The number of benzene rings is 2. The van der Waals surface area contributed by atoms with Gasteiger partial charge in [-0.3, -0.25) is 9.59 Å². The number of primary amides is 1. The Balaban J connectivity index is 1.93. The third kappa shape index (κ3) is 3.51. The average molecular weight is 344 g/mol. The van der Waals surface area contributed by atoms with Gasteiger partial charge in [-0.25, -0.2) is 0 Å². The number of carbonyl (C=O) groups excluding carboxylic acids is 2. The van der Waals surface area contributed by atoms with Gasteiger partial charge >= 0.3 is 0 Å². The lowest BCUT2D eigenvalue weighted by Crippen LogP contribution is -2.22. The number of halogens is 1. The fraction of sp³-hybridized carbons (Fsp3) is 0.222. The van der Waals surface area contributed by atoms with E-state index in [1.54, 1.807) is 36.4 Å². The van der Waals surface area contributed by atoms with Gasteiger partial charge in [-0.1, -0.05) is 17.7 Å². The van der Waals surface area contributed by atoms with Crippen LogP contribution in [0, 0.1) is 0 Å². The van der Waals surface area contributed by atoms with E-state index in [9.17, 15) is 9.59 Å². The van der Waals surface area contributed by atoms with Gasteiger partial charge in [0.25, 0.3) is 5.91 Å². The largest absolute Gasteiger partial charge is 0.370 e. The minimum atomic E-state index is -0.527. The van der Waals surface area contributed by atoms with Gasteiger partial charge in [0, 0.05) is 29.2 Å². The summed E-state index contributed by atoms with van der Waals surface area (Å²) >= 11 is 5.94. The van der Waals surface area contributed by atoms with Crippen LogP contribution in [0.4, 0.5) is 11.4 Å². The lowest BCUT2D eigenvalue weighted by atomic mass is 10.1. The highest BCUT2D eigenvalue weighted by Crippen LogP contribution is 2.30. The van der Waals surface area contributed by atoms with Gasteiger partial charge in [-0.05, 0) is 49.2 Å². The minimum Gasteiger partial charge on any atom is -0.370 e. The van der Waals surface area contributed by atoms with Crippen molar-refractivity contribution in [3.8, 4) is 0 Å². The molecule has 0 saturated carbocycles. The number of carbonyl (C=O) groups is 2. The van der Waals surface area contributed by atoms with Gasteiger partial charge in [0.1, 0.15) is 0 Å². The number of nitrogens with one attached hydrogen (secondary N) is 1. The van der Waals surface area contributed by atoms with Gasteiger partial charge in [0.2, 0.25) is 5.91 Å². The zero-order valence-corrected chi connectivity index (χ0v) is 13.8. The molecule has 2 amide bonds. The van der Waals surface area contributed by atoms with E-state index in [0.29, 0.717) is 21.8 Å². The number of anilines is 2. The van der Waals surface area contributed by atoms with Gasteiger partial charge in [0.15, 0.2) is 0 Å². The van der Waals surface area contributed by atoms with Crippen molar-refractivity contribution in [1.29, 1.82) is 0 Å². The molecule has 0 aliphatic carbocycles. The Labute approximate surface area is 145 Å². The molecule has 1 fully saturated rings. The van der Waals surface area contributed by atoms with Crippen molar-refractivity contribution < 1.29 is 9.59 Å². The zero-order chi connectivity index (χ0) is 17.1. The van der Waals surface area contributed by atoms with Crippen LogP contribution in [0.25, 0.3) is 0 Å². The summed E-state index contributed by atoms with van der Waals surface area (Å²) in [5.74, 6) is -0.805. The standard InChI is InChI=1S/C18H18ClN3O2/c19-14-5-3-4-13(10-14)18(24)21-15-11-12(17(20)23)6-7-16(15)22-8-1-2-9-22/h3-7,10-11H,1-2,8-9H2,(H2,20,23)(H,21,24). The number of hydrogen-bond donors (Lipinski definition) is 2. The monoisotopic (exact) mass is 343 g/mol. The maximum absolute atomic E-state index is 12.5. The molecule has 5 nitrogen and oxygen atoms in total. The fourth-order valence-electron chi connectivity index (χ4n) is 2.85. The molecule has 6 heteroatoms. The second kappa shape index (κ2) is 6.93. The second-order valence-corrected chi connectivity index (χ2v) is 6.19. The first kappa shape index (κ1) is 16.3. The summed E-state index contributed by atoms with van der Waals surface area (Å²) in [6.45, 7) is 1.85. The molecular formula is C18H18ClN3O2. The van der Waals surface area contributed by atoms with Gasteiger partial charge in [0.05, 0.1) is 11.4 Å². The molecule has 0 bridgehead atoms. The van der Waals surface area contributed by atoms with Crippen LogP contribution < -0.4 is 16.0 Å². The quantitative estimate of drug-likeness (QED) is 0.894. The minimum absolute atomic E-state index is 0.278. The Morgan fingerprint density at radius 2 is 1.79 bits per heavy atom. The van der Waals surface area contributed by atoms with Gasteiger partial charge < -0.3 is 16.0 Å². The first-order valence-corrected chi connectivity index (χ1v) is 8.18. The third-order valence-corrected chi connectivity index (χ3v) is 4.30. The smallest absolute Gasteiger partial charge is 0.255 e. The third-order valence-electron chi connectivity index (χ3n) is 4.06. The number of hydrogen-bond acceptors (Lipinski definition) is 3. The van der Waals surface area contributed by atoms with Crippen LogP contribution in [0.1, 0.15) is 33.6 Å². The molecular weight excluding hydrogens is 326 g/mol. The van der Waals surface area contributed by atoms with Crippen molar-refractivity contribution in [1.82, 2.24) is 0 Å². The summed E-state index contributed by atoms with van der Waals surface area (Å²) in [6, 6.07) is 11.9. The van der Waals surface area contributed by atoms with Gasteiger partial charge in [-0.2, -0.15) is 0 Å². The highest BCUT2D eigenvalue weighted by atomic mass is 35.5. The van der Waals surface area contributed by atoms with Crippen molar-refractivity contribution in [2.75, 3.05) is 23.3 Å². The molecule has 24 heavy (non-hydrogen) atoms. The molecule has 1 saturated heterocycles. The Morgan fingerprint density at radius 3 is 2.46 bits per heavy atom. The molecule has 0 aromatic heterocycles. The summed E-state index contributed by atoms with van der Waals surface area (Å²) in [5.41, 5.74) is 7.66. The summed E-state index contributed by atoms with van der Waals surface area (Å²) < 4.78 is 0. The predicted octanol–water partition coefficient (Wildman–Crippen LogP) is 3.29. The molecule has 0 radical (unpaired) electrons. The highest BCUT2D eigenvalue weighted by Gasteiger charge is 2.19. The Bertz CT molecular complexity index is 786. The van der Waals surface area contributed by atoms with Crippen LogP contribution in [0.2, 0.25) is 5.02 Å². The molecule has 1 aliphatic heterocycles. The average Bonchev–Trinajstić information content (AvgIpc) is 3.09. The number of nitrogens with zero attached hydrogens (tertiary/aromatic N) is 1. The topological polar surface area (TPSA) is 75.4 Å². The van der Waals surface area contributed by atoms with Crippen LogP contribution in [-0.4, -0.2) is 24.9 Å². The van der Waals surface area contributed by atoms with Crippen LogP contribution >= 0.6 is 11.6 Å². The van der Waals surface area contributed by atoms with E-state index in [1.807, 2.05) is 6.07 Å². The Morgan fingerprint density at radius 1 is 1.04 bits per heavy atom. The van der Waals surface area contributed by atoms with Crippen LogP contribution in [-0.2, 0) is 0 Å². The normalized spacial score (nSPS) is 13.8. The van der Waals surface area contributed by atoms with E-state index < -0.39 is 5.91 Å². The predicted molar refractivity (Wildman–Crippen MR) is 95.8 cm³/mol. The molecule has 3 N–H and O–H groups in total. The van der Waals surface area contributed by atoms with Crippen molar-refractivity contribution in [2.45, 2.75) is 12.8 Å². The van der Waals surface area contributed by atoms with Crippen molar-refractivity contribution >= 4 is 34.8 Å². The van der Waals surface area contributed by atoms with Gasteiger partial charge in [-0.15, -0.1) is 0 Å². The molecule has 3 rings (SSSR count). The molecule has 2 aromatic carbocycles. The lowest BCUT2D eigenvalue weighted by Gasteiger charge is -2.22. The summed E-state index contributed by atoms with van der Waals surface area (Å²) in [7, 11) is 0. The zero-order valence-electron chi connectivity index (χ0n) is 13.1. The maximum Gasteiger partial charge on any atom is 0.255 e. The summed E-state index contributed by atoms with van der Waals surface area (Å²) in [5, 5.41) is 3.37. The van der Waals surface area contributed by atoms with Crippen molar-refractivity contribution in [2.24, 2.45) is 5.73 Å². The van der Waals surface area contributed by atoms with Crippen LogP contribution in [0.3, 0.4) is 0 Å². The number of amides is 2. The van der Waals surface area contributed by atoms with E-state index in [2.05, 4.69) is 10.2 Å². The molecule has 2 aromatic rings. The summed E-state index contributed by atoms with van der Waals surface area (Å²) in [4.78, 5) is 26.2. The molecule has 124 valence electrons. The Kier molecular flexibility index (Phi) is 4.71. The van der Waals surface area contributed by atoms with E-state index in [1.165, 1.54) is 0 Å². The van der Waals surface area contributed by atoms with Crippen molar-refractivity contribution in [3.05, 3.63) is 58.6 Å². The molecule has 0 atom stereocenters. The van der Waals surface area contributed by atoms with Crippen LogP contribution in [0.15, 0.2) is 42.5 Å². The van der Waals surface area contributed by atoms with E-state index in [-0.39, 0.29) is 5.91 Å². The fourth-order valence-corrected chi connectivity index (χ4v) is 3.04. The first-order chi connectivity index (χ1) is 11.5. The maximum atomic E-state index is 12.5. The molecule has 1 aliphatic rings. The molecule has 0 unspecified atom stereocenters. The van der Waals surface area contributed by atoms with E-state index in [4.69, 9.17) is 17.3 Å². The van der Waals surface area contributed by atoms with E-state index in [0.717, 1.165) is 31.6 Å². The Hall–Kier alpha value is -2.53. The van der Waals surface area contributed by atoms with E-state index >= 15 is 0 Å². The number of nitrogens with two attached hydrogens (primary N) is 1. The van der Waals surface area contributed by atoms with Crippen LogP contribution in [0.5, 0.6) is 0 Å². The van der Waals surface area contributed by atoms with Crippen molar-refractivity contribution in [3.63, 3.8) is 0 Å². The summed E-state index contributed by atoms with van der Waals surface area (Å²) in [6.07, 6.45) is 2.22.